The Labute approximate surface area is 183 Å². The van der Waals surface area contributed by atoms with Crippen molar-refractivity contribution in [3.05, 3.63) is 76.7 Å². The van der Waals surface area contributed by atoms with Crippen LogP contribution in [0.1, 0.15) is 28.7 Å². The van der Waals surface area contributed by atoms with E-state index in [1.807, 2.05) is 36.4 Å². The van der Waals surface area contributed by atoms with Crippen molar-refractivity contribution in [2.24, 2.45) is 0 Å². The summed E-state index contributed by atoms with van der Waals surface area (Å²) in [5.41, 5.74) is 10.2. The van der Waals surface area contributed by atoms with Gasteiger partial charge in [-0.25, -0.2) is 14.8 Å². The van der Waals surface area contributed by atoms with Gasteiger partial charge in [-0.1, -0.05) is 60.1 Å². The molecule has 0 bridgehead atoms. The third-order valence-corrected chi connectivity index (χ3v) is 5.63. The molecule has 4 rings (SSSR count). The van der Waals surface area contributed by atoms with Gasteiger partial charge in [0.2, 0.25) is 0 Å². The van der Waals surface area contributed by atoms with Crippen LogP contribution < -0.4 is 11.1 Å². The molecule has 0 saturated heterocycles. The number of carbonyl (C=O) groups excluding carboxylic acids is 1. The molecule has 9 heteroatoms. The topological polar surface area (TPSA) is 131 Å². The average Bonchev–Trinajstić information content (AvgIpc) is 3.09. The number of ether oxygens (including phenoxy) is 1. The van der Waals surface area contributed by atoms with Gasteiger partial charge in [-0.05, 0) is 22.3 Å². The van der Waals surface area contributed by atoms with Crippen molar-refractivity contribution in [1.82, 2.24) is 15.3 Å². The molecule has 1 heterocycles. The number of hydrogen-bond acceptors (Lipinski definition) is 7. The Kier molecular flexibility index (Phi) is 6.03. The molecule has 0 spiro atoms. The molecule has 2 aromatic carbocycles. The van der Waals surface area contributed by atoms with Gasteiger partial charge >= 0.3 is 6.09 Å². The fraction of sp³-hybridized carbons (Fsp3) is 0.227. The molecule has 0 aliphatic heterocycles. The van der Waals surface area contributed by atoms with Gasteiger partial charge in [0.25, 0.3) is 0 Å². The fourth-order valence-electron chi connectivity index (χ4n) is 3.80. The summed E-state index contributed by atoms with van der Waals surface area (Å²) in [6, 6.07) is 16.0. The van der Waals surface area contributed by atoms with E-state index in [1.165, 1.54) is 0 Å². The van der Waals surface area contributed by atoms with E-state index in [0.29, 0.717) is 0 Å². The molecule has 0 saturated carbocycles. The van der Waals surface area contributed by atoms with Crippen LogP contribution in [0.4, 0.5) is 10.6 Å². The van der Waals surface area contributed by atoms with Gasteiger partial charge in [0, 0.05) is 12.5 Å². The van der Waals surface area contributed by atoms with E-state index in [9.17, 15) is 15.0 Å². The molecule has 0 radical (unpaired) electrons. The first-order chi connectivity index (χ1) is 15.0. The Balaban J connectivity index is 1.36. The lowest BCUT2D eigenvalue weighted by Gasteiger charge is -2.20. The maximum Gasteiger partial charge on any atom is 0.407 e. The number of nitrogens with zero attached hydrogens (tertiary/aromatic N) is 2. The largest absolute Gasteiger partial charge is 0.449 e. The van der Waals surface area contributed by atoms with Crippen molar-refractivity contribution in [2.75, 3.05) is 18.9 Å². The summed E-state index contributed by atoms with van der Waals surface area (Å²) in [7, 11) is 0. The number of hydrogen-bond donors (Lipinski definition) is 4. The number of aliphatic hydroxyl groups excluding tert-OH is 2. The molecule has 31 heavy (non-hydrogen) atoms. The molecular formula is C22H21ClN4O4. The fourth-order valence-corrected chi connectivity index (χ4v) is 4.05. The maximum atomic E-state index is 12.2. The Hall–Kier alpha value is -3.20. The second-order valence-electron chi connectivity index (χ2n) is 7.18. The molecule has 0 fully saturated rings. The van der Waals surface area contributed by atoms with Crippen LogP contribution in [0.3, 0.4) is 0 Å². The van der Waals surface area contributed by atoms with Gasteiger partial charge in [0.05, 0.1) is 5.56 Å². The standard InChI is InChI=1S/C22H21ClN4O4/c23-20-18(21(24)27-11-26-20)19(29)17(28)9-25-22(30)31-10-16-14-7-3-1-5-12(14)13-6-2-4-8-15(13)16/h1-8,11,16-17,19,28-29H,9-10H2,(H,25,30)(H2,24,26,27). The summed E-state index contributed by atoms with van der Waals surface area (Å²) < 4.78 is 5.40. The molecule has 2 unspecified atom stereocenters. The van der Waals surface area contributed by atoms with Gasteiger partial charge in [-0.3, -0.25) is 0 Å². The van der Waals surface area contributed by atoms with Crippen molar-refractivity contribution in [2.45, 2.75) is 18.1 Å². The summed E-state index contributed by atoms with van der Waals surface area (Å²) in [5.74, 6) is -0.124. The molecule has 160 valence electrons. The van der Waals surface area contributed by atoms with Gasteiger partial charge in [-0.2, -0.15) is 0 Å². The lowest BCUT2D eigenvalue weighted by molar-refractivity contribution is 0.0187. The lowest BCUT2D eigenvalue weighted by Crippen LogP contribution is -2.36. The van der Waals surface area contributed by atoms with Crippen LogP contribution in [0, 0.1) is 0 Å². The number of anilines is 1. The number of aliphatic hydroxyl groups is 2. The van der Waals surface area contributed by atoms with Gasteiger partial charge < -0.3 is 26.0 Å². The molecule has 8 nitrogen and oxygen atoms in total. The number of aromatic nitrogens is 2. The average molecular weight is 441 g/mol. The number of nitrogen functional groups attached to an aromatic ring is 1. The van der Waals surface area contributed by atoms with E-state index < -0.39 is 18.3 Å². The van der Waals surface area contributed by atoms with Gasteiger partial charge in [0.15, 0.2) is 0 Å². The summed E-state index contributed by atoms with van der Waals surface area (Å²) in [6.07, 6.45) is -2.42. The lowest BCUT2D eigenvalue weighted by atomic mass is 9.98. The number of rotatable bonds is 6. The molecule has 1 aromatic heterocycles. The highest BCUT2D eigenvalue weighted by molar-refractivity contribution is 6.30. The minimum Gasteiger partial charge on any atom is -0.449 e. The van der Waals surface area contributed by atoms with Crippen molar-refractivity contribution < 1.29 is 19.7 Å². The maximum absolute atomic E-state index is 12.2. The first-order valence-corrected chi connectivity index (χ1v) is 10.1. The highest BCUT2D eigenvalue weighted by Crippen LogP contribution is 2.44. The van der Waals surface area contributed by atoms with Crippen LogP contribution in [0.25, 0.3) is 11.1 Å². The van der Waals surface area contributed by atoms with E-state index in [0.717, 1.165) is 28.6 Å². The van der Waals surface area contributed by atoms with Crippen molar-refractivity contribution in [3.8, 4) is 11.1 Å². The quantitative estimate of drug-likeness (QED) is 0.433. The molecular weight excluding hydrogens is 420 g/mol. The highest BCUT2D eigenvalue weighted by atomic mass is 35.5. The monoisotopic (exact) mass is 440 g/mol. The van der Waals surface area contributed by atoms with Crippen molar-refractivity contribution in [3.63, 3.8) is 0 Å². The van der Waals surface area contributed by atoms with E-state index in [-0.39, 0.29) is 35.6 Å². The van der Waals surface area contributed by atoms with E-state index >= 15 is 0 Å². The van der Waals surface area contributed by atoms with Crippen molar-refractivity contribution in [1.29, 1.82) is 0 Å². The smallest absolute Gasteiger partial charge is 0.407 e. The van der Waals surface area contributed by atoms with Crippen LogP contribution in [0.15, 0.2) is 54.9 Å². The predicted molar refractivity (Wildman–Crippen MR) is 115 cm³/mol. The first-order valence-electron chi connectivity index (χ1n) is 9.68. The van der Waals surface area contributed by atoms with Crippen LogP contribution in [-0.4, -0.2) is 45.5 Å². The van der Waals surface area contributed by atoms with Crippen LogP contribution in [-0.2, 0) is 4.74 Å². The first kappa shape index (κ1) is 21.0. The van der Waals surface area contributed by atoms with Crippen LogP contribution in [0.2, 0.25) is 5.15 Å². The molecule has 3 aromatic rings. The van der Waals surface area contributed by atoms with Crippen molar-refractivity contribution >= 4 is 23.5 Å². The second kappa shape index (κ2) is 8.89. The van der Waals surface area contributed by atoms with Gasteiger partial charge in [0.1, 0.15) is 36.1 Å². The predicted octanol–water partition coefficient (Wildman–Crippen LogP) is 2.65. The summed E-state index contributed by atoms with van der Waals surface area (Å²) in [5, 5.41) is 22.9. The SMILES string of the molecule is Nc1ncnc(Cl)c1C(O)C(O)CNC(=O)OCC1c2ccccc2-c2ccccc21. The zero-order valence-corrected chi connectivity index (χ0v) is 17.2. The molecule has 1 amide bonds. The van der Waals surface area contributed by atoms with Gasteiger partial charge in [-0.15, -0.1) is 0 Å². The number of carbonyl (C=O) groups is 1. The number of nitrogens with two attached hydrogens (primary N) is 1. The zero-order chi connectivity index (χ0) is 22.0. The number of halogens is 1. The Morgan fingerprint density at radius 3 is 2.32 bits per heavy atom. The van der Waals surface area contributed by atoms with Crippen LogP contribution >= 0.6 is 11.6 Å². The molecule has 2 atom stereocenters. The second-order valence-corrected chi connectivity index (χ2v) is 7.54. The molecule has 1 aliphatic rings. The number of nitrogens with one attached hydrogen (secondary N) is 1. The molecule has 1 aliphatic carbocycles. The third-order valence-electron chi connectivity index (χ3n) is 5.33. The normalized spacial score (nSPS) is 14.4. The Morgan fingerprint density at radius 2 is 1.71 bits per heavy atom. The number of amides is 1. The highest BCUT2D eigenvalue weighted by Gasteiger charge is 2.29. The molecule has 5 N–H and O–H groups in total. The zero-order valence-electron chi connectivity index (χ0n) is 16.4. The number of alkyl carbamates (subject to hydrolysis) is 1. The van der Waals surface area contributed by atoms with Crippen LogP contribution in [0.5, 0.6) is 0 Å². The third kappa shape index (κ3) is 4.18. The minimum absolute atomic E-state index is 0.00556. The van der Waals surface area contributed by atoms with E-state index in [2.05, 4.69) is 27.4 Å². The number of benzene rings is 2. The summed E-state index contributed by atoms with van der Waals surface area (Å²) in [4.78, 5) is 19.7. The van der Waals surface area contributed by atoms with E-state index in [4.69, 9.17) is 22.1 Å². The summed E-state index contributed by atoms with van der Waals surface area (Å²) >= 11 is 5.92. The Bertz CT molecular complexity index is 1040. The Morgan fingerprint density at radius 1 is 1.10 bits per heavy atom. The summed E-state index contributed by atoms with van der Waals surface area (Å²) in [6.45, 7) is -0.133. The van der Waals surface area contributed by atoms with E-state index in [1.54, 1.807) is 0 Å². The minimum atomic E-state index is -1.47. The number of fused-ring (bicyclic) bond motifs is 3.